The molecule has 0 saturated carbocycles. The van der Waals surface area contributed by atoms with Gasteiger partial charge in [-0.25, -0.2) is 0 Å². The average Bonchev–Trinajstić information content (AvgIpc) is 2.64. The summed E-state index contributed by atoms with van der Waals surface area (Å²) in [6.45, 7) is 14.6. The molecule has 1 unspecified atom stereocenters. The fourth-order valence-electron chi connectivity index (χ4n) is 3.23. The first-order valence-electron chi connectivity index (χ1n) is 10.4. The highest BCUT2D eigenvalue weighted by Crippen LogP contribution is 2.15. The fourth-order valence-corrected chi connectivity index (χ4v) is 3.23. The molecule has 0 amide bonds. The van der Waals surface area contributed by atoms with Gasteiger partial charge in [0.05, 0.1) is 12.2 Å². The minimum Gasteiger partial charge on any atom is -0.385 e. The standard InChI is InChI=1S/C20H41N3O3.HI/c1-6-21-20(22-12-9-19(17(3)4)25-7-2)23-13-10-18(11-14-23)26-16-8-15-24-5;/h17-19H,6-16H2,1-5H3,(H,21,22);1H. The number of hydrogen-bond donors (Lipinski definition) is 1. The molecule has 1 atom stereocenters. The number of nitrogens with zero attached hydrogens (tertiary/aromatic N) is 2. The summed E-state index contributed by atoms with van der Waals surface area (Å²) < 4.78 is 16.9. The second kappa shape index (κ2) is 16.8. The number of nitrogens with one attached hydrogen (secondary N) is 1. The van der Waals surface area contributed by atoms with E-state index in [9.17, 15) is 0 Å². The SMILES string of the molecule is CCNC(=NCCC(OCC)C(C)C)N1CCC(OCCCOC)CC1.I. The number of piperidine rings is 1. The van der Waals surface area contributed by atoms with Crippen LogP contribution in [0.25, 0.3) is 0 Å². The van der Waals surface area contributed by atoms with Crippen molar-refractivity contribution in [3.8, 4) is 0 Å². The van der Waals surface area contributed by atoms with E-state index in [2.05, 4.69) is 37.9 Å². The molecule has 1 aliphatic rings. The van der Waals surface area contributed by atoms with Crippen LogP contribution < -0.4 is 5.32 Å². The van der Waals surface area contributed by atoms with Crippen molar-refractivity contribution < 1.29 is 14.2 Å². The second-order valence-corrected chi connectivity index (χ2v) is 7.17. The predicted molar refractivity (Wildman–Crippen MR) is 123 cm³/mol. The number of rotatable bonds is 12. The second-order valence-electron chi connectivity index (χ2n) is 7.17. The summed E-state index contributed by atoms with van der Waals surface area (Å²) in [5.74, 6) is 1.56. The van der Waals surface area contributed by atoms with Crippen molar-refractivity contribution in [3.63, 3.8) is 0 Å². The number of hydrogen-bond acceptors (Lipinski definition) is 4. The molecule has 1 rings (SSSR count). The van der Waals surface area contributed by atoms with E-state index >= 15 is 0 Å². The molecule has 1 N–H and O–H groups in total. The van der Waals surface area contributed by atoms with Gasteiger partial charge < -0.3 is 24.4 Å². The molecule has 7 heteroatoms. The van der Waals surface area contributed by atoms with Crippen LogP contribution in [0.3, 0.4) is 0 Å². The minimum absolute atomic E-state index is 0. The van der Waals surface area contributed by atoms with Crippen molar-refractivity contribution >= 4 is 29.9 Å². The summed E-state index contributed by atoms with van der Waals surface area (Å²) in [7, 11) is 1.73. The van der Waals surface area contributed by atoms with Gasteiger partial charge in [-0.2, -0.15) is 0 Å². The third kappa shape index (κ3) is 11.5. The van der Waals surface area contributed by atoms with Crippen molar-refractivity contribution in [1.82, 2.24) is 10.2 Å². The first kappa shape index (κ1) is 26.9. The van der Waals surface area contributed by atoms with Crippen molar-refractivity contribution in [2.75, 3.05) is 53.1 Å². The highest BCUT2D eigenvalue weighted by molar-refractivity contribution is 14.0. The Morgan fingerprint density at radius 1 is 1.19 bits per heavy atom. The fraction of sp³-hybridized carbons (Fsp3) is 0.950. The van der Waals surface area contributed by atoms with Crippen molar-refractivity contribution in [2.24, 2.45) is 10.9 Å². The van der Waals surface area contributed by atoms with Crippen LogP contribution in [0.5, 0.6) is 0 Å². The third-order valence-corrected chi connectivity index (χ3v) is 4.72. The van der Waals surface area contributed by atoms with E-state index in [0.717, 1.165) is 77.6 Å². The smallest absolute Gasteiger partial charge is 0.193 e. The minimum atomic E-state index is 0. The number of aliphatic imine (C=N–C) groups is 1. The van der Waals surface area contributed by atoms with Crippen LogP contribution in [-0.4, -0.2) is 76.2 Å². The van der Waals surface area contributed by atoms with Crippen LogP contribution in [0.1, 0.15) is 53.4 Å². The highest BCUT2D eigenvalue weighted by Gasteiger charge is 2.22. The summed E-state index contributed by atoms with van der Waals surface area (Å²) in [6, 6.07) is 0. The van der Waals surface area contributed by atoms with Gasteiger partial charge in [0.2, 0.25) is 0 Å². The molecule has 0 spiro atoms. The van der Waals surface area contributed by atoms with Gasteiger partial charge in [0, 0.05) is 53.1 Å². The zero-order chi connectivity index (χ0) is 19.2. The number of halogens is 1. The Labute approximate surface area is 183 Å². The van der Waals surface area contributed by atoms with Crippen LogP contribution in [0, 0.1) is 5.92 Å². The van der Waals surface area contributed by atoms with Crippen LogP contribution in [0.15, 0.2) is 4.99 Å². The molecule has 0 aromatic rings. The molecule has 0 aromatic heterocycles. The Kier molecular flexibility index (Phi) is 16.7. The monoisotopic (exact) mass is 499 g/mol. The molecule has 1 aliphatic heterocycles. The molecule has 162 valence electrons. The lowest BCUT2D eigenvalue weighted by Gasteiger charge is -2.34. The molecule has 1 fully saturated rings. The molecule has 6 nitrogen and oxygen atoms in total. The molecular formula is C20H42IN3O3. The van der Waals surface area contributed by atoms with Gasteiger partial charge in [-0.3, -0.25) is 4.99 Å². The molecule has 0 aromatic carbocycles. The van der Waals surface area contributed by atoms with E-state index in [1.807, 2.05) is 0 Å². The highest BCUT2D eigenvalue weighted by atomic mass is 127. The Morgan fingerprint density at radius 3 is 2.44 bits per heavy atom. The summed E-state index contributed by atoms with van der Waals surface area (Å²) in [6.07, 6.45) is 4.72. The molecular weight excluding hydrogens is 457 g/mol. The molecule has 27 heavy (non-hydrogen) atoms. The van der Waals surface area contributed by atoms with Crippen molar-refractivity contribution in [1.29, 1.82) is 0 Å². The topological polar surface area (TPSA) is 55.3 Å². The predicted octanol–water partition coefficient (Wildman–Crippen LogP) is 3.54. The lowest BCUT2D eigenvalue weighted by molar-refractivity contribution is 0.00983. The van der Waals surface area contributed by atoms with E-state index in [1.54, 1.807) is 7.11 Å². The maximum Gasteiger partial charge on any atom is 0.193 e. The van der Waals surface area contributed by atoms with Gasteiger partial charge in [0.25, 0.3) is 0 Å². The molecule has 0 radical (unpaired) electrons. The molecule has 1 saturated heterocycles. The quantitative estimate of drug-likeness (QED) is 0.193. The van der Waals surface area contributed by atoms with Gasteiger partial charge in [-0.05, 0) is 45.4 Å². The summed E-state index contributed by atoms with van der Waals surface area (Å²) in [4.78, 5) is 7.21. The Morgan fingerprint density at radius 2 is 1.89 bits per heavy atom. The van der Waals surface area contributed by atoms with Gasteiger partial charge in [0.15, 0.2) is 5.96 Å². The maximum atomic E-state index is 5.96. The number of methoxy groups -OCH3 is 1. The third-order valence-electron chi connectivity index (χ3n) is 4.72. The number of guanidine groups is 1. The lowest BCUT2D eigenvalue weighted by atomic mass is 10.0. The summed E-state index contributed by atoms with van der Waals surface area (Å²) >= 11 is 0. The normalized spacial score (nSPS) is 17.1. The molecule has 0 aliphatic carbocycles. The van der Waals surface area contributed by atoms with E-state index in [1.165, 1.54) is 0 Å². The van der Waals surface area contributed by atoms with E-state index in [0.29, 0.717) is 12.0 Å². The van der Waals surface area contributed by atoms with Crippen LogP contribution >= 0.6 is 24.0 Å². The number of likely N-dealkylation sites (tertiary alicyclic amines) is 1. The van der Waals surface area contributed by atoms with E-state index < -0.39 is 0 Å². The Hall–Kier alpha value is -0.120. The van der Waals surface area contributed by atoms with Gasteiger partial charge in [-0.15, -0.1) is 24.0 Å². The van der Waals surface area contributed by atoms with E-state index in [-0.39, 0.29) is 30.1 Å². The first-order valence-corrected chi connectivity index (χ1v) is 10.4. The molecule has 0 bridgehead atoms. The Bertz CT molecular complexity index is 375. The zero-order valence-electron chi connectivity index (χ0n) is 18.0. The van der Waals surface area contributed by atoms with E-state index in [4.69, 9.17) is 19.2 Å². The maximum absolute atomic E-state index is 5.96. The molecule has 1 heterocycles. The van der Waals surface area contributed by atoms with Crippen molar-refractivity contribution in [2.45, 2.75) is 65.6 Å². The van der Waals surface area contributed by atoms with Crippen LogP contribution in [0.2, 0.25) is 0 Å². The first-order chi connectivity index (χ1) is 12.6. The van der Waals surface area contributed by atoms with Crippen LogP contribution in [0.4, 0.5) is 0 Å². The number of ether oxygens (including phenoxy) is 3. The van der Waals surface area contributed by atoms with Crippen LogP contribution in [-0.2, 0) is 14.2 Å². The summed E-state index contributed by atoms with van der Waals surface area (Å²) in [5, 5.41) is 3.44. The van der Waals surface area contributed by atoms with Crippen molar-refractivity contribution in [3.05, 3.63) is 0 Å². The summed E-state index contributed by atoms with van der Waals surface area (Å²) in [5.41, 5.74) is 0. The zero-order valence-corrected chi connectivity index (χ0v) is 20.4. The largest absolute Gasteiger partial charge is 0.385 e. The average molecular weight is 499 g/mol. The van der Waals surface area contributed by atoms with Gasteiger partial charge >= 0.3 is 0 Å². The Balaban J connectivity index is 0.00000676. The van der Waals surface area contributed by atoms with Gasteiger partial charge in [-0.1, -0.05) is 13.8 Å². The van der Waals surface area contributed by atoms with Gasteiger partial charge in [0.1, 0.15) is 0 Å². The lowest BCUT2D eigenvalue weighted by Crippen LogP contribution is -2.47.